The predicted octanol–water partition coefficient (Wildman–Crippen LogP) is 2.94. The van der Waals surface area contributed by atoms with Crippen LogP contribution in [0.15, 0.2) is 0 Å². The Morgan fingerprint density at radius 3 is 2.81 bits per heavy atom. The number of rotatable bonds is 7. The topological polar surface area (TPSA) is 64.8 Å². The van der Waals surface area contributed by atoms with Gasteiger partial charge in [0.05, 0.1) is 23.8 Å². The van der Waals surface area contributed by atoms with E-state index in [2.05, 4.69) is 11.8 Å². The molecule has 2 rings (SSSR count). The molecule has 21 heavy (non-hydrogen) atoms. The van der Waals surface area contributed by atoms with Gasteiger partial charge in [-0.2, -0.15) is 0 Å². The van der Waals surface area contributed by atoms with Crippen LogP contribution >= 0.6 is 11.3 Å². The molecular formula is C15H24N2O3S. The Morgan fingerprint density at radius 1 is 1.52 bits per heavy atom. The summed E-state index contributed by atoms with van der Waals surface area (Å²) in [6, 6.07) is 0. The molecule has 0 radical (unpaired) electrons. The van der Waals surface area contributed by atoms with Gasteiger partial charge in [-0.25, -0.2) is 0 Å². The van der Waals surface area contributed by atoms with Gasteiger partial charge in [0.25, 0.3) is 0 Å². The largest absolute Gasteiger partial charge is 0.492 e. The van der Waals surface area contributed by atoms with Gasteiger partial charge in [-0.05, 0) is 19.8 Å². The Labute approximate surface area is 130 Å². The van der Waals surface area contributed by atoms with E-state index in [0.717, 1.165) is 37.5 Å². The van der Waals surface area contributed by atoms with Crippen LogP contribution in [-0.4, -0.2) is 38.7 Å². The zero-order valence-electron chi connectivity index (χ0n) is 13.0. The van der Waals surface area contributed by atoms with Crippen LogP contribution in [0, 0.1) is 0 Å². The third-order valence-electron chi connectivity index (χ3n) is 3.78. The fraction of sp³-hybridized carbons (Fsp3) is 0.667. The Hall–Kier alpha value is -1.27. The van der Waals surface area contributed by atoms with Crippen LogP contribution < -0.4 is 15.4 Å². The fourth-order valence-corrected chi connectivity index (χ4v) is 3.85. The molecule has 0 amide bonds. The van der Waals surface area contributed by atoms with Crippen molar-refractivity contribution in [2.24, 2.45) is 0 Å². The Kier molecular flexibility index (Phi) is 5.47. The highest BCUT2D eigenvalue weighted by Gasteiger charge is 2.26. The maximum absolute atomic E-state index is 12.0. The standard InChI is InChI=1S/C15H24N2O3S/c1-4-11(18)14-12(16)13(19-3)15(21-14)17(5-2)9-10-7-6-8-20-10/h10H,4-9,16H2,1-3H3. The van der Waals surface area contributed by atoms with Gasteiger partial charge in [-0.15, -0.1) is 11.3 Å². The van der Waals surface area contributed by atoms with E-state index in [1.165, 1.54) is 11.3 Å². The molecule has 1 aliphatic rings. The minimum Gasteiger partial charge on any atom is -0.492 e. The van der Waals surface area contributed by atoms with Gasteiger partial charge in [0.15, 0.2) is 11.5 Å². The SMILES string of the molecule is CCC(=O)c1sc(N(CC)CC2CCCO2)c(OC)c1N. The normalized spacial score (nSPS) is 18.0. The minimum atomic E-state index is 0.0650. The van der Waals surface area contributed by atoms with Crippen molar-refractivity contribution in [3.8, 4) is 5.75 Å². The zero-order chi connectivity index (χ0) is 15.4. The highest BCUT2D eigenvalue weighted by molar-refractivity contribution is 7.19. The second-order valence-electron chi connectivity index (χ2n) is 5.13. The van der Waals surface area contributed by atoms with Crippen molar-refractivity contribution in [2.75, 3.05) is 37.4 Å². The third kappa shape index (κ3) is 3.32. The number of ether oxygens (including phenoxy) is 2. The molecule has 0 saturated carbocycles. The number of carbonyl (C=O) groups is 1. The monoisotopic (exact) mass is 312 g/mol. The van der Waals surface area contributed by atoms with Gasteiger partial charge >= 0.3 is 0 Å². The van der Waals surface area contributed by atoms with Crippen LogP contribution in [0.25, 0.3) is 0 Å². The number of Topliss-reactive ketones (excluding diaryl/α,β-unsaturated/α-hetero) is 1. The lowest BCUT2D eigenvalue weighted by Crippen LogP contribution is -2.31. The van der Waals surface area contributed by atoms with Crippen molar-refractivity contribution in [1.82, 2.24) is 0 Å². The zero-order valence-corrected chi connectivity index (χ0v) is 13.8. The molecule has 1 aliphatic heterocycles. The quantitative estimate of drug-likeness (QED) is 0.784. The second kappa shape index (κ2) is 7.13. The molecule has 1 atom stereocenters. The van der Waals surface area contributed by atoms with Crippen molar-refractivity contribution in [3.63, 3.8) is 0 Å². The molecule has 5 nitrogen and oxygen atoms in total. The predicted molar refractivity (Wildman–Crippen MR) is 86.8 cm³/mol. The van der Waals surface area contributed by atoms with Crippen LogP contribution in [0.1, 0.15) is 42.8 Å². The van der Waals surface area contributed by atoms with E-state index in [-0.39, 0.29) is 11.9 Å². The number of hydrogen-bond acceptors (Lipinski definition) is 6. The highest BCUT2D eigenvalue weighted by atomic mass is 32.1. The number of hydrogen-bond donors (Lipinski definition) is 1. The maximum atomic E-state index is 12.0. The Balaban J connectivity index is 2.28. The highest BCUT2D eigenvalue weighted by Crippen LogP contribution is 2.45. The Morgan fingerprint density at radius 2 is 2.29 bits per heavy atom. The molecule has 1 fully saturated rings. The van der Waals surface area contributed by atoms with E-state index < -0.39 is 0 Å². The summed E-state index contributed by atoms with van der Waals surface area (Å²) >= 11 is 1.43. The number of thiophene rings is 1. The van der Waals surface area contributed by atoms with E-state index in [0.29, 0.717) is 22.7 Å². The average molecular weight is 312 g/mol. The lowest BCUT2D eigenvalue weighted by molar-refractivity contribution is 0.0992. The van der Waals surface area contributed by atoms with Crippen LogP contribution in [0.4, 0.5) is 10.7 Å². The number of anilines is 2. The van der Waals surface area contributed by atoms with E-state index in [1.807, 2.05) is 6.92 Å². The number of ketones is 1. The van der Waals surface area contributed by atoms with Crippen molar-refractivity contribution in [1.29, 1.82) is 0 Å². The van der Waals surface area contributed by atoms with Gasteiger partial charge in [0.1, 0.15) is 5.00 Å². The summed E-state index contributed by atoms with van der Waals surface area (Å²) in [4.78, 5) is 14.8. The number of likely N-dealkylation sites (N-methyl/N-ethyl adjacent to an activating group) is 1. The molecule has 2 N–H and O–H groups in total. The van der Waals surface area contributed by atoms with Gasteiger partial charge < -0.3 is 20.1 Å². The summed E-state index contributed by atoms with van der Waals surface area (Å²) in [6.07, 6.45) is 2.90. The van der Waals surface area contributed by atoms with Gasteiger partial charge in [-0.3, -0.25) is 4.79 Å². The third-order valence-corrected chi connectivity index (χ3v) is 5.07. The minimum absolute atomic E-state index is 0.0650. The molecule has 0 bridgehead atoms. The number of nitrogens with two attached hydrogens (primary N) is 1. The first kappa shape index (κ1) is 16.1. The molecule has 0 aromatic carbocycles. The van der Waals surface area contributed by atoms with E-state index in [1.54, 1.807) is 7.11 Å². The molecule has 6 heteroatoms. The van der Waals surface area contributed by atoms with Gasteiger partial charge in [-0.1, -0.05) is 6.92 Å². The van der Waals surface area contributed by atoms with E-state index in [9.17, 15) is 4.79 Å². The molecule has 1 unspecified atom stereocenters. The summed E-state index contributed by atoms with van der Waals surface area (Å²) in [5.41, 5.74) is 6.57. The fourth-order valence-electron chi connectivity index (χ4n) is 2.58. The van der Waals surface area contributed by atoms with Crippen LogP contribution in [0.5, 0.6) is 5.75 Å². The summed E-state index contributed by atoms with van der Waals surface area (Å²) in [6.45, 7) is 6.41. The molecule has 0 aliphatic carbocycles. The van der Waals surface area contributed by atoms with E-state index >= 15 is 0 Å². The van der Waals surface area contributed by atoms with Crippen LogP contribution in [0.3, 0.4) is 0 Å². The average Bonchev–Trinajstić information content (AvgIpc) is 3.11. The van der Waals surface area contributed by atoms with Gasteiger partial charge in [0.2, 0.25) is 0 Å². The van der Waals surface area contributed by atoms with E-state index in [4.69, 9.17) is 15.2 Å². The molecule has 1 saturated heterocycles. The molecule has 0 spiro atoms. The molecule has 2 heterocycles. The lowest BCUT2D eigenvalue weighted by atomic mass is 10.2. The lowest BCUT2D eigenvalue weighted by Gasteiger charge is -2.25. The van der Waals surface area contributed by atoms with Gasteiger partial charge in [0, 0.05) is 26.1 Å². The number of methoxy groups -OCH3 is 1. The smallest absolute Gasteiger partial charge is 0.177 e. The Bertz CT molecular complexity index is 495. The number of carbonyl (C=O) groups excluding carboxylic acids is 1. The second-order valence-corrected chi connectivity index (χ2v) is 6.13. The summed E-state index contributed by atoms with van der Waals surface area (Å²) in [7, 11) is 1.60. The molecular weight excluding hydrogens is 288 g/mol. The van der Waals surface area contributed by atoms with Crippen LogP contribution in [0.2, 0.25) is 0 Å². The van der Waals surface area contributed by atoms with Crippen molar-refractivity contribution < 1.29 is 14.3 Å². The number of nitrogen functional groups attached to an aromatic ring is 1. The summed E-state index contributed by atoms with van der Waals surface area (Å²) in [5, 5.41) is 0.935. The molecule has 1 aromatic rings. The van der Waals surface area contributed by atoms with Crippen molar-refractivity contribution in [3.05, 3.63) is 4.88 Å². The summed E-state index contributed by atoms with van der Waals surface area (Å²) < 4.78 is 11.2. The number of nitrogens with zero attached hydrogens (tertiary/aromatic N) is 1. The molecule has 1 aromatic heterocycles. The maximum Gasteiger partial charge on any atom is 0.177 e. The first-order valence-electron chi connectivity index (χ1n) is 7.48. The first-order valence-corrected chi connectivity index (χ1v) is 8.29. The van der Waals surface area contributed by atoms with Crippen LogP contribution in [-0.2, 0) is 4.74 Å². The first-order chi connectivity index (χ1) is 10.1. The van der Waals surface area contributed by atoms with Crippen molar-refractivity contribution in [2.45, 2.75) is 39.2 Å². The van der Waals surface area contributed by atoms with Crippen molar-refractivity contribution >= 4 is 27.8 Å². The summed E-state index contributed by atoms with van der Waals surface area (Å²) in [5.74, 6) is 0.687. The molecule has 118 valence electrons.